The molecule has 1 aromatic rings. The first-order chi connectivity index (χ1) is 8.47. The van der Waals surface area contributed by atoms with Crippen LogP contribution >= 0.6 is 12.2 Å². The van der Waals surface area contributed by atoms with Crippen LogP contribution in [-0.4, -0.2) is 11.0 Å². The van der Waals surface area contributed by atoms with E-state index in [-0.39, 0.29) is 22.3 Å². The highest BCUT2D eigenvalue weighted by Crippen LogP contribution is 2.22. The number of nitrogens with one attached hydrogen (secondary N) is 1. The number of halogens is 2. The number of unbranched alkanes of at least 4 members (excludes halogenated alkanes) is 1. The summed E-state index contributed by atoms with van der Waals surface area (Å²) in [5.41, 5.74) is 5.39. The molecule has 18 heavy (non-hydrogen) atoms. The fourth-order valence-corrected chi connectivity index (χ4v) is 1.86. The summed E-state index contributed by atoms with van der Waals surface area (Å²) in [5, 5.41) is 2.95. The minimum atomic E-state index is -0.991. The van der Waals surface area contributed by atoms with Crippen molar-refractivity contribution in [3.8, 4) is 0 Å². The Labute approximate surface area is 112 Å². The number of nitrogens with two attached hydrogens (primary N) is 1. The maximum atomic E-state index is 13.8. The molecule has 0 spiro atoms. The van der Waals surface area contributed by atoms with Crippen molar-refractivity contribution in [1.29, 1.82) is 0 Å². The van der Waals surface area contributed by atoms with Gasteiger partial charge in [0.1, 0.15) is 4.99 Å². The van der Waals surface area contributed by atoms with E-state index in [1.807, 2.05) is 6.92 Å². The highest BCUT2D eigenvalue weighted by Gasteiger charge is 2.15. The average Bonchev–Trinajstić information content (AvgIpc) is 2.32. The van der Waals surface area contributed by atoms with E-state index >= 15 is 0 Å². The Morgan fingerprint density at radius 2 is 2.06 bits per heavy atom. The lowest BCUT2D eigenvalue weighted by Gasteiger charge is -2.16. The standard InChI is InChI=1S/C13H18F2N2S/c1-3-4-5-8(2)17-10-7-6-9(13(16)18)11(14)12(10)15/h6-8,17H,3-5H2,1-2H3,(H2,16,18). The van der Waals surface area contributed by atoms with Crippen LogP contribution in [0.1, 0.15) is 38.7 Å². The predicted octanol–water partition coefficient (Wildman–Crippen LogP) is 3.59. The third-order valence-electron chi connectivity index (χ3n) is 2.74. The van der Waals surface area contributed by atoms with Gasteiger partial charge in [0.2, 0.25) is 0 Å². The molecule has 0 heterocycles. The van der Waals surface area contributed by atoms with E-state index < -0.39 is 11.6 Å². The molecule has 3 N–H and O–H groups in total. The van der Waals surface area contributed by atoms with Gasteiger partial charge in [-0.3, -0.25) is 0 Å². The SMILES string of the molecule is CCCCC(C)Nc1ccc(C(N)=S)c(F)c1F. The molecule has 0 aliphatic heterocycles. The number of thiocarbonyl (C=S) groups is 1. The lowest BCUT2D eigenvalue weighted by molar-refractivity contribution is 0.507. The third-order valence-corrected chi connectivity index (χ3v) is 2.96. The first kappa shape index (κ1) is 14.8. The molecule has 100 valence electrons. The van der Waals surface area contributed by atoms with E-state index in [4.69, 9.17) is 5.73 Å². The van der Waals surface area contributed by atoms with Gasteiger partial charge in [-0.25, -0.2) is 8.78 Å². The largest absolute Gasteiger partial charge is 0.389 e. The van der Waals surface area contributed by atoms with Gasteiger partial charge in [0.15, 0.2) is 11.6 Å². The summed E-state index contributed by atoms with van der Waals surface area (Å²) in [7, 11) is 0. The molecule has 1 rings (SSSR count). The first-order valence-corrected chi connectivity index (χ1v) is 6.42. The van der Waals surface area contributed by atoms with Crippen LogP contribution in [0.25, 0.3) is 0 Å². The van der Waals surface area contributed by atoms with E-state index in [9.17, 15) is 8.78 Å². The average molecular weight is 272 g/mol. The highest BCUT2D eigenvalue weighted by molar-refractivity contribution is 7.80. The zero-order valence-electron chi connectivity index (χ0n) is 10.6. The fraction of sp³-hybridized carbons (Fsp3) is 0.462. The minimum Gasteiger partial charge on any atom is -0.389 e. The van der Waals surface area contributed by atoms with Gasteiger partial charge in [-0.1, -0.05) is 32.0 Å². The summed E-state index contributed by atoms with van der Waals surface area (Å²) in [6.07, 6.45) is 3.03. The highest BCUT2D eigenvalue weighted by atomic mass is 32.1. The zero-order valence-corrected chi connectivity index (χ0v) is 11.4. The molecule has 0 bridgehead atoms. The first-order valence-electron chi connectivity index (χ1n) is 6.01. The van der Waals surface area contributed by atoms with Gasteiger partial charge in [-0.2, -0.15) is 0 Å². The van der Waals surface area contributed by atoms with Crippen LogP contribution in [-0.2, 0) is 0 Å². The van der Waals surface area contributed by atoms with Gasteiger partial charge in [0.25, 0.3) is 0 Å². The predicted molar refractivity (Wildman–Crippen MR) is 74.9 cm³/mol. The maximum absolute atomic E-state index is 13.8. The maximum Gasteiger partial charge on any atom is 0.182 e. The number of anilines is 1. The van der Waals surface area contributed by atoms with Crippen LogP contribution in [0.3, 0.4) is 0 Å². The van der Waals surface area contributed by atoms with Crippen molar-refractivity contribution >= 4 is 22.9 Å². The van der Waals surface area contributed by atoms with E-state index in [2.05, 4.69) is 24.5 Å². The lowest BCUT2D eigenvalue weighted by atomic mass is 10.1. The van der Waals surface area contributed by atoms with Crippen LogP contribution in [0.2, 0.25) is 0 Å². The van der Waals surface area contributed by atoms with Crippen LogP contribution < -0.4 is 11.1 Å². The topological polar surface area (TPSA) is 38.0 Å². The molecule has 1 unspecified atom stereocenters. The van der Waals surface area contributed by atoms with Crippen molar-refractivity contribution in [3.63, 3.8) is 0 Å². The van der Waals surface area contributed by atoms with Crippen LogP contribution in [0, 0.1) is 11.6 Å². The Balaban J connectivity index is 2.85. The Kier molecular flexibility index (Phi) is 5.47. The van der Waals surface area contributed by atoms with Gasteiger partial charge in [-0.15, -0.1) is 0 Å². The van der Waals surface area contributed by atoms with Crippen LogP contribution in [0.4, 0.5) is 14.5 Å². The molecule has 0 aromatic heterocycles. The second-order valence-electron chi connectivity index (χ2n) is 4.34. The second kappa shape index (κ2) is 6.64. The van der Waals surface area contributed by atoms with E-state index in [1.165, 1.54) is 12.1 Å². The monoisotopic (exact) mass is 272 g/mol. The molecule has 1 aromatic carbocycles. The van der Waals surface area contributed by atoms with Gasteiger partial charge >= 0.3 is 0 Å². The smallest absolute Gasteiger partial charge is 0.182 e. The molecule has 0 saturated heterocycles. The summed E-state index contributed by atoms with van der Waals surface area (Å²) < 4.78 is 27.4. The molecular formula is C13H18F2N2S. The van der Waals surface area contributed by atoms with Crippen molar-refractivity contribution in [2.24, 2.45) is 5.73 Å². The summed E-state index contributed by atoms with van der Waals surface area (Å²) in [4.78, 5) is -0.142. The number of benzene rings is 1. The summed E-state index contributed by atoms with van der Waals surface area (Å²) in [6.45, 7) is 4.03. The molecule has 0 fully saturated rings. The zero-order chi connectivity index (χ0) is 13.7. The van der Waals surface area contributed by atoms with E-state index in [1.54, 1.807) is 0 Å². The van der Waals surface area contributed by atoms with Crippen molar-refractivity contribution in [2.75, 3.05) is 5.32 Å². The fourth-order valence-electron chi connectivity index (χ4n) is 1.70. The summed E-state index contributed by atoms with van der Waals surface area (Å²) in [6, 6.07) is 2.96. The summed E-state index contributed by atoms with van der Waals surface area (Å²) >= 11 is 4.65. The van der Waals surface area contributed by atoms with Crippen molar-refractivity contribution in [3.05, 3.63) is 29.3 Å². The number of hydrogen-bond acceptors (Lipinski definition) is 2. The van der Waals surface area contributed by atoms with Gasteiger partial charge in [0, 0.05) is 11.6 Å². The molecule has 2 nitrogen and oxygen atoms in total. The molecule has 0 radical (unpaired) electrons. The van der Waals surface area contributed by atoms with Gasteiger partial charge < -0.3 is 11.1 Å². The van der Waals surface area contributed by atoms with Crippen molar-refractivity contribution in [2.45, 2.75) is 39.2 Å². The molecule has 5 heteroatoms. The van der Waals surface area contributed by atoms with E-state index in [0.717, 1.165) is 19.3 Å². The molecule has 0 amide bonds. The Bertz CT molecular complexity index is 435. The van der Waals surface area contributed by atoms with Crippen LogP contribution in [0.15, 0.2) is 12.1 Å². The second-order valence-corrected chi connectivity index (χ2v) is 4.78. The minimum absolute atomic E-state index is 0.0609. The van der Waals surface area contributed by atoms with Gasteiger partial charge in [-0.05, 0) is 25.5 Å². The number of rotatable bonds is 6. The van der Waals surface area contributed by atoms with Crippen molar-refractivity contribution in [1.82, 2.24) is 0 Å². The van der Waals surface area contributed by atoms with Gasteiger partial charge in [0.05, 0.1) is 5.69 Å². The molecule has 1 atom stereocenters. The van der Waals surface area contributed by atoms with E-state index in [0.29, 0.717) is 0 Å². The Morgan fingerprint density at radius 1 is 1.39 bits per heavy atom. The Hall–Kier alpha value is -1.23. The molecule has 0 aliphatic carbocycles. The summed E-state index contributed by atoms with van der Waals surface area (Å²) in [5.74, 6) is -1.92. The van der Waals surface area contributed by atoms with Crippen LogP contribution in [0.5, 0.6) is 0 Å². The lowest BCUT2D eigenvalue weighted by Crippen LogP contribution is -2.18. The number of hydrogen-bond donors (Lipinski definition) is 2. The quantitative estimate of drug-likeness (QED) is 0.777. The molecular weight excluding hydrogens is 254 g/mol. The Morgan fingerprint density at radius 3 is 2.61 bits per heavy atom. The van der Waals surface area contributed by atoms with Crippen molar-refractivity contribution < 1.29 is 8.78 Å². The molecule has 0 aliphatic rings. The normalized spacial score (nSPS) is 12.2. The molecule has 0 saturated carbocycles. The third kappa shape index (κ3) is 3.63.